The molecule has 0 radical (unpaired) electrons. The van der Waals surface area contributed by atoms with Gasteiger partial charge in [0.15, 0.2) is 0 Å². The Bertz CT molecular complexity index is 1050. The quantitative estimate of drug-likeness (QED) is 0.275. The van der Waals surface area contributed by atoms with Gasteiger partial charge < -0.3 is 26.2 Å². The first kappa shape index (κ1) is 28.7. The van der Waals surface area contributed by atoms with Crippen molar-refractivity contribution in [2.45, 2.75) is 44.8 Å². The summed E-state index contributed by atoms with van der Waals surface area (Å²) in [6.45, 7) is 3.50. The number of aliphatic carboxylic acids is 1. The van der Waals surface area contributed by atoms with Gasteiger partial charge in [0.05, 0.1) is 0 Å². The molecule has 194 valence electrons. The first-order valence-electron chi connectivity index (χ1n) is 11.6. The summed E-state index contributed by atoms with van der Waals surface area (Å²) in [5, 5.41) is 27.1. The van der Waals surface area contributed by atoms with Crippen LogP contribution >= 0.6 is 11.8 Å². The maximum absolute atomic E-state index is 13.2. The normalized spacial score (nSPS) is 13.3. The number of carbonyl (C=O) groups excluding carboxylic acids is 3. The molecule has 0 aliphatic carbocycles. The van der Waals surface area contributed by atoms with Crippen molar-refractivity contribution < 1.29 is 29.4 Å². The van der Waals surface area contributed by atoms with Crippen LogP contribution < -0.4 is 16.0 Å². The van der Waals surface area contributed by atoms with Gasteiger partial charge in [0.25, 0.3) is 5.91 Å². The van der Waals surface area contributed by atoms with E-state index >= 15 is 0 Å². The Morgan fingerprint density at radius 1 is 0.889 bits per heavy atom. The SMILES string of the molecule is CSCC[C@@H](NC(=O)[C@H](Cc1ccccc1)NC(=O)[C@H](NC(=O)c1cccc(O)c1)C(C)C)C(=O)O. The number of rotatable bonds is 13. The number of hydrogen-bond donors (Lipinski definition) is 5. The summed E-state index contributed by atoms with van der Waals surface area (Å²) in [7, 11) is 0. The Balaban J connectivity index is 2.22. The van der Waals surface area contributed by atoms with Crippen molar-refractivity contribution in [3.8, 4) is 5.75 Å². The molecule has 5 N–H and O–H groups in total. The van der Waals surface area contributed by atoms with Gasteiger partial charge in [-0.25, -0.2) is 4.79 Å². The monoisotopic (exact) mass is 515 g/mol. The Labute approximate surface area is 215 Å². The molecule has 36 heavy (non-hydrogen) atoms. The number of thioether (sulfide) groups is 1. The zero-order valence-corrected chi connectivity index (χ0v) is 21.4. The summed E-state index contributed by atoms with van der Waals surface area (Å²) in [6, 6.07) is 11.7. The van der Waals surface area contributed by atoms with E-state index in [1.165, 1.54) is 36.0 Å². The number of nitrogens with one attached hydrogen (secondary N) is 3. The molecule has 3 atom stereocenters. The lowest BCUT2D eigenvalue weighted by Gasteiger charge is -2.26. The van der Waals surface area contributed by atoms with E-state index in [1.807, 2.05) is 12.3 Å². The van der Waals surface area contributed by atoms with Gasteiger partial charge in [-0.15, -0.1) is 0 Å². The summed E-state index contributed by atoms with van der Waals surface area (Å²) in [5.41, 5.74) is 0.962. The predicted molar refractivity (Wildman–Crippen MR) is 139 cm³/mol. The van der Waals surface area contributed by atoms with Gasteiger partial charge in [0.1, 0.15) is 23.9 Å². The largest absolute Gasteiger partial charge is 0.508 e. The number of carboxylic acids is 1. The Morgan fingerprint density at radius 2 is 1.56 bits per heavy atom. The minimum absolute atomic E-state index is 0.0812. The topological polar surface area (TPSA) is 145 Å². The first-order chi connectivity index (χ1) is 17.1. The molecular weight excluding hydrogens is 482 g/mol. The Hall–Kier alpha value is -3.53. The van der Waals surface area contributed by atoms with E-state index in [4.69, 9.17) is 0 Å². The molecule has 0 fully saturated rings. The van der Waals surface area contributed by atoms with Crippen LogP contribution in [0.5, 0.6) is 5.75 Å². The highest BCUT2D eigenvalue weighted by molar-refractivity contribution is 7.98. The number of carboxylic acid groups (broad SMARTS) is 1. The maximum Gasteiger partial charge on any atom is 0.326 e. The summed E-state index contributed by atoms with van der Waals surface area (Å²) in [4.78, 5) is 50.7. The van der Waals surface area contributed by atoms with Gasteiger partial charge in [-0.05, 0) is 48.1 Å². The van der Waals surface area contributed by atoms with Crippen LogP contribution in [-0.4, -0.2) is 64.0 Å². The average Bonchev–Trinajstić information content (AvgIpc) is 2.84. The fourth-order valence-corrected chi connectivity index (χ4v) is 3.96. The third-order valence-corrected chi connectivity index (χ3v) is 6.13. The molecule has 0 aromatic heterocycles. The van der Waals surface area contributed by atoms with Crippen molar-refractivity contribution in [3.05, 3.63) is 65.7 Å². The van der Waals surface area contributed by atoms with Crippen molar-refractivity contribution >= 4 is 35.5 Å². The first-order valence-corrected chi connectivity index (χ1v) is 13.0. The summed E-state index contributed by atoms with van der Waals surface area (Å²) in [5.74, 6) is -2.76. The van der Waals surface area contributed by atoms with Gasteiger partial charge >= 0.3 is 5.97 Å². The van der Waals surface area contributed by atoms with E-state index < -0.39 is 41.8 Å². The van der Waals surface area contributed by atoms with Crippen LogP contribution in [0.1, 0.15) is 36.2 Å². The second-order valence-corrected chi connectivity index (χ2v) is 9.66. The smallest absolute Gasteiger partial charge is 0.326 e. The molecule has 0 bridgehead atoms. The highest BCUT2D eigenvalue weighted by atomic mass is 32.2. The van der Waals surface area contributed by atoms with Gasteiger partial charge in [0, 0.05) is 12.0 Å². The second-order valence-electron chi connectivity index (χ2n) is 8.68. The van der Waals surface area contributed by atoms with Crippen LogP contribution in [0.4, 0.5) is 0 Å². The molecule has 10 heteroatoms. The fourth-order valence-electron chi connectivity index (χ4n) is 3.49. The lowest BCUT2D eigenvalue weighted by atomic mass is 10.00. The van der Waals surface area contributed by atoms with E-state index in [-0.39, 0.29) is 30.1 Å². The second kappa shape index (κ2) is 14.1. The molecule has 0 saturated heterocycles. The van der Waals surface area contributed by atoms with Crippen molar-refractivity contribution in [1.29, 1.82) is 0 Å². The summed E-state index contributed by atoms with van der Waals surface area (Å²) >= 11 is 1.47. The number of hydrogen-bond acceptors (Lipinski definition) is 6. The minimum atomic E-state index is -1.15. The van der Waals surface area contributed by atoms with Crippen LogP contribution in [0.15, 0.2) is 54.6 Å². The minimum Gasteiger partial charge on any atom is -0.508 e. The van der Waals surface area contributed by atoms with E-state index in [2.05, 4.69) is 16.0 Å². The van der Waals surface area contributed by atoms with E-state index in [0.717, 1.165) is 5.56 Å². The highest BCUT2D eigenvalue weighted by Gasteiger charge is 2.31. The molecule has 0 unspecified atom stereocenters. The van der Waals surface area contributed by atoms with E-state index in [0.29, 0.717) is 5.75 Å². The van der Waals surface area contributed by atoms with E-state index in [1.54, 1.807) is 38.1 Å². The zero-order valence-electron chi connectivity index (χ0n) is 20.6. The molecule has 2 rings (SSSR count). The molecule has 2 aromatic carbocycles. The maximum atomic E-state index is 13.2. The lowest BCUT2D eigenvalue weighted by Crippen LogP contribution is -2.57. The number of amides is 3. The number of benzene rings is 2. The van der Waals surface area contributed by atoms with Gasteiger partial charge in [-0.2, -0.15) is 11.8 Å². The number of aromatic hydroxyl groups is 1. The third-order valence-electron chi connectivity index (χ3n) is 5.48. The fraction of sp³-hybridized carbons (Fsp3) is 0.385. The molecular formula is C26H33N3O6S. The lowest BCUT2D eigenvalue weighted by molar-refractivity contribution is -0.142. The molecule has 0 heterocycles. The van der Waals surface area contributed by atoms with Crippen molar-refractivity contribution in [2.75, 3.05) is 12.0 Å². The van der Waals surface area contributed by atoms with Crippen LogP contribution in [0, 0.1) is 5.92 Å². The summed E-state index contributed by atoms with van der Waals surface area (Å²) in [6.07, 6.45) is 2.22. The molecule has 0 aliphatic rings. The zero-order chi connectivity index (χ0) is 26.7. The molecule has 0 saturated carbocycles. The van der Waals surface area contributed by atoms with Gasteiger partial charge in [-0.3, -0.25) is 14.4 Å². The third kappa shape index (κ3) is 8.92. The van der Waals surface area contributed by atoms with Crippen molar-refractivity contribution in [2.24, 2.45) is 5.92 Å². The molecule has 3 amide bonds. The number of phenolic OH excluding ortho intramolecular Hbond substituents is 1. The average molecular weight is 516 g/mol. The van der Waals surface area contributed by atoms with E-state index in [9.17, 15) is 29.4 Å². The van der Waals surface area contributed by atoms with Crippen LogP contribution in [-0.2, 0) is 20.8 Å². The van der Waals surface area contributed by atoms with Gasteiger partial charge in [-0.1, -0.05) is 50.2 Å². The Morgan fingerprint density at radius 3 is 2.14 bits per heavy atom. The number of phenols is 1. The van der Waals surface area contributed by atoms with Crippen LogP contribution in [0.3, 0.4) is 0 Å². The van der Waals surface area contributed by atoms with Crippen molar-refractivity contribution in [1.82, 2.24) is 16.0 Å². The molecule has 0 spiro atoms. The van der Waals surface area contributed by atoms with Crippen LogP contribution in [0.25, 0.3) is 0 Å². The molecule has 9 nitrogen and oxygen atoms in total. The number of carbonyl (C=O) groups is 4. The highest BCUT2D eigenvalue weighted by Crippen LogP contribution is 2.13. The molecule has 0 aliphatic heterocycles. The standard InChI is InChI=1S/C26H33N3O6S/c1-16(2)22(29-23(31)18-10-7-11-19(30)15-18)25(33)28-21(14-17-8-5-4-6-9-17)24(32)27-20(26(34)35)12-13-36-3/h4-11,15-16,20-22,30H,12-14H2,1-3H3,(H,27,32)(H,28,33)(H,29,31)(H,34,35)/t20-,21+,22-/m1/s1. The molecule has 2 aromatic rings. The van der Waals surface area contributed by atoms with Crippen molar-refractivity contribution in [3.63, 3.8) is 0 Å². The predicted octanol–water partition coefficient (Wildman–Crippen LogP) is 2.20. The summed E-state index contributed by atoms with van der Waals surface area (Å²) < 4.78 is 0. The van der Waals surface area contributed by atoms with Gasteiger partial charge in [0.2, 0.25) is 11.8 Å². The van der Waals surface area contributed by atoms with Crippen LogP contribution in [0.2, 0.25) is 0 Å². The Kier molecular flexibility index (Phi) is 11.3.